The van der Waals surface area contributed by atoms with E-state index in [1.54, 1.807) is 16.4 Å². The lowest BCUT2D eigenvalue weighted by atomic mass is 10.3. The predicted molar refractivity (Wildman–Crippen MR) is 51.7 cm³/mol. The van der Waals surface area contributed by atoms with E-state index in [-0.39, 0.29) is 11.4 Å². The molecule has 0 spiro atoms. The van der Waals surface area contributed by atoms with E-state index >= 15 is 0 Å². The summed E-state index contributed by atoms with van der Waals surface area (Å²) in [5.74, 6) is 0. The Morgan fingerprint density at radius 1 is 1.69 bits per heavy atom. The van der Waals surface area contributed by atoms with Crippen LogP contribution in [0, 0.1) is 0 Å². The SMILES string of the molecule is Cn1cc(SC2CNCC2O)cn1. The summed E-state index contributed by atoms with van der Waals surface area (Å²) < 4.78 is 1.77. The molecule has 1 aliphatic rings. The second kappa shape index (κ2) is 3.69. The molecular weight excluding hydrogens is 186 g/mol. The van der Waals surface area contributed by atoms with Crippen LogP contribution in [0.5, 0.6) is 0 Å². The van der Waals surface area contributed by atoms with E-state index in [2.05, 4.69) is 10.4 Å². The van der Waals surface area contributed by atoms with Crippen LogP contribution in [0.25, 0.3) is 0 Å². The summed E-state index contributed by atoms with van der Waals surface area (Å²) in [6, 6.07) is 0. The Bertz CT molecular complexity index is 289. The van der Waals surface area contributed by atoms with Crippen molar-refractivity contribution in [2.45, 2.75) is 16.2 Å². The first-order chi connectivity index (χ1) is 6.25. The second-order valence-corrected chi connectivity index (χ2v) is 4.54. The molecule has 2 heterocycles. The standard InChI is InChI=1S/C8H13N3OS/c1-11-5-6(2-10-11)13-8-4-9-3-7(8)12/h2,5,7-9,12H,3-4H2,1H3. The van der Waals surface area contributed by atoms with E-state index in [0.717, 1.165) is 11.4 Å². The minimum atomic E-state index is -0.231. The first-order valence-corrected chi connectivity index (χ1v) is 5.18. The van der Waals surface area contributed by atoms with Crippen LogP contribution in [0.3, 0.4) is 0 Å². The van der Waals surface area contributed by atoms with E-state index in [4.69, 9.17) is 0 Å². The second-order valence-electron chi connectivity index (χ2n) is 3.23. The lowest BCUT2D eigenvalue weighted by molar-refractivity contribution is 0.201. The van der Waals surface area contributed by atoms with Crippen LogP contribution >= 0.6 is 11.8 Å². The van der Waals surface area contributed by atoms with Crippen molar-refractivity contribution in [2.75, 3.05) is 13.1 Å². The van der Waals surface area contributed by atoms with Crippen LogP contribution in [-0.2, 0) is 7.05 Å². The van der Waals surface area contributed by atoms with Crippen molar-refractivity contribution in [3.8, 4) is 0 Å². The number of hydrogen-bond donors (Lipinski definition) is 2. The molecule has 2 rings (SSSR count). The fraction of sp³-hybridized carbons (Fsp3) is 0.625. The van der Waals surface area contributed by atoms with Gasteiger partial charge in [-0.3, -0.25) is 4.68 Å². The summed E-state index contributed by atoms with van der Waals surface area (Å²) in [5, 5.41) is 17.0. The zero-order chi connectivity index (χ0) is 9.26. The van der Waals surface area contributed by atoms with Gasteiger partial charge in [-0.2, -0.15) is 5.10 Å². The van der Waals surface area contributed by atoms with Crippen LogP contribution in [0.15, 0.2) is 17.3 Å². The molecule has 5 heteroatoms. The Balaban J connectivity index is 1.97. The number of aliphatic hydroxyl groups is 1. The number of thioether (sulfide) groups is 1. The summed E-state index contributed by atoms with van der Waals surface area (Å²) in [7, 11) is 1.90. The Morgan fingerprint density at radius 3 is 3.08 bits per heavy atom. The topological polar surface area (TPSA) is 50.1 Å². The molecule has 0 aliphatic carbocycles. The maximum atomic E-state index is 9.55. The van der Waals surface area contributed by atoms with E-state index in [9.17, 15) is 5.11 Å². The van der Waals surface area contributed by atoms with Gasteiger partial charge in [0.1, 0.15) is 0 Å². The van der Waals surface area contributed by atoms with Crippen LogP contribution in [0.2, 0.25) is 0 Å². The van der Waals surface area contributed by atoms with Crippen molar-refractivity contribution >= 4 is 11.8 Å². The van der Waals surface area contributed by atoms with Gasteiger partial charge in [-0.15, -0.1) is 11.8 Å². The summed E-state index contributed by atoms with van der Waals surface area (Å²) in [4.78, 5) is 1.12. The molecule has 13 heavy (non-hydrogen) atoms. The number of hydrogen-bond acceptors (Lipinski definition) is 4. The first-order valence-electron chi connectivity index (χ1n) is 4.30. The van der Waals surface area contributed by atoms with E-state index < -0.39 is 0 Å². The molecule has 0 aromatic carbocycles. The van der Waals surface area contributed by atoms with E-state index in [1.165, 1.54) is 0 Å². The molecule has 1 aromatic rings. The molecule has 1 aromatic heterocycles. The van der Waals surface area contributed by atoms with Gasteiger partial charge in [-0.05, 0) is 0 Å². The highest BCUT2D eigenvalue weighted by Gasteiger charge is 2.25. The van der Waals surface area contributed by atoms with Gasteiger partial charge in [0.25, 0.3) is 0 Å². The van der Waals surface area contributed by atoms with Gasteiger partial charge in [0.05, 0.1) is 12.3 Å². The van der Waals surface area contributed by atoms with Gasteiger partial charge in [-0.25, -0.2) is 0 Å². The molecule has 0 saturated carbocycles. The van der Waals surface area contributed by atoms with Gasteiger partial charge in [0.15, 0.2) is 0 Å². The lowest BCUT2D eigenvalue weighted by Crippen LogP contribution is -2.19. The molecule has 1 fully saturated rings. The van der Waals surface area contributed by atoms with Crippen LogP contribution in [0.1, 0.15) is 0 Å². The summed E-state index contributed by atoms with van der Waals surface area (Å²) >= 11 is 1.68. The Morgan fingerprint density at radius 2 is 2.54 bits per heavy atom. The van der Waals surface area contributed by atoms with Crippen LogP contribution in [-0.4, -0.2) is 39.3 Å². The maximum Gasteiger partial charge on any atom is 0.0798 e. The number of aliphatic hydroxyl groups excluding tert-OH is 1. The van der Waals surface area contributed by atoms with Gasteiger partial charge in [0, 0.05) is 36.5 Å². The molecular formula is C8H13N3OS. The molecule has 0 bridgehead atoms. The third kappa shape index (κ3) is 2.04. The van der Waals surface area contributed by atoms with Crippen molar-refractivity contribution in [1.29, 1.82) is 0 Å². The van der Waals surface area contributed by atoms with Crippen molar-refractivity contribution in [3.05, 3.63) is 12.4 Å². The third-order valence-electron chi connectivity index (χ3n) is 2.10. The fourth-order valence-electron chi connectivity index (χ4n) is 1.40. The third-order valence-corrected chi connectivity index (χ3v) is 3.36. The molecule has 2 N–H and O–H groups in total. The molecule has 2 unspecified atom stereocenters. The average molecular weight is 199 g/mol. The minimum absolute atomic E-state index is 0.231. The normalized spacial score (nSPS) is 28.2. The number of aromatic nitrogens is 2. The van der Waals surface area contributed by atoms with E-state index in [0.29, 0.717) is 6.54 Å². The first kappa shape index (κ1) is 9.05. The highest BCUT2D eigenvalue weighted by atomic mass is 32.2. The molecule has 0 amide bonds. The Labute approximate surface area is 81.3 Å². The zero-order valence-corrected chi connectivity index (χ0v) is 8.29. The number of β-amino-alcohol motifs (C(OH)–C–C–N with tert-alkyl or cyclic N) is 1. The number of rotatable bonds is 2. The number of aryl methyl sites for hydroxylation is 1. The van der Waals surface area contributed by atoms with Gasteiger partial charge >= 0.3 is 0 Å². The zero-order valence-electron chi connectivity index (χ0n) is 7.47. The monoisotopic (exact) mass is 199 g/mol. The smallest absolute Gasteiger partial charge is 0.0798 e. The summed E-state index contributed by atoms with van der Waals surface area (Å²) in [6.45, 7) is 1.58. The van der Waals surface area contributed by atoms with Crippen molar-refractivity contribution in [2.24, 2.45) is 7.05 Å². The summed E-state index contributed by atoms with van der Waals surface area (Å²) in [6.07, 6.45) is 3.57. The predicted octanol–water partition coefficient (Wildman–Crippen LogP) is -0.155. The molecule has 0 radical (unpaired) electrons. The summed E-state index contributed by atoms with van der Waals surface area (Å²) in [5.41, 5.74) is 0. The highest BCUT2D eigenvalue weighted by Crippen LogP contribution is 2.26. The molecule has 1 aliphatic heterocycles. The Hall–Kier alpha value is -0.520. The quantitative estimate of drug-likeness (QED) is 0.695. The molecule has 2 atom stereocenters. The molecule has 1 saturated heterocycles. The van der Waals surface area contributed by atoms with Crippen LogP contribution in [0.4, 0.5) is 0 Å². The van der Waals surface area contributed by atoms with Gasteiger partial charge in [-0.1, -0.05) is 0 Å². The van der Waals surface area contributed by atoms with Gasteiger partial charge in [0.2, 0.25) is 0 Å². The Kier molecular flexibility index (Phi) is 2.57. The van der Waals surface area contributed by atoms with Crippen molar-refractivity contribution < 1.29 is 5.11 Å². The number of nitrogens with zero attached hydrogens (tertiary/aromatic N) is 2. The van der Waals surface area contributed by atoms with Crippen LogP contribution < -0.4 is 5.32 Å². The largest absolute Gasteiger partial charge is 0.391 e. The van der Waals surface area contributed by atoms with Crippen molar-refractivity contribution in [3.63, 3.8) is 0 Å². The average Bonchev–Trinajstić information content (AvgIpc) is 2.64. The molecule has 4 nitrogen and oxygen atoms in total. The van der Waals surface area contributed by atoms with E-state index in [1.807, 2.05) is 19.4 Å². The fourth-order valence-corrected chi connectivity index (χ4v) is 2.52. The lowest BCUT2D eigenvalue weighted by Gasteiger charge is -2.10. The maximum absolute atomic E-state index is 9.55. The highest BCUT2D eigenvalue weighted by molar-refractivity contribution is 8.00. The van der Waals surface area contributed by atoms with Crippen molar-refractivity contribution in [1.82, 2.24) is 15.1 Å². The molecule has 72 valence electrons. The minimum Gasteiger partial charge on any atom is -0.391 e. The number of nitrogens with one attached hydrogen (secondary N) is 1. The van der Waals surface area contributed by atoms with Gasteiger partial charge < -0.3 is 10.4 Å².